The standard InChI is InChI=1S/C12H21N3O2.ClH/c16-11-10(6-2-4-8-14-11)15-12(17)9-5-1-3-7-13-9;/h9-10,13H,1-8H2,(H,14,16)(H,15,17);1H/t9-,10?;/m0./s1. The summed E-state index contributed by atoms with van der Waals surface area (Å²) in [6.45, 7) is 1.63. The van der Waals surface area contributed by atoms with Crippen molar-refractivity contribution in [3.8, 4) is 0 Å². The zero-order valence-corrected chi connectivity index (χ0v) is 11.4. The fraction of sp³-hybridized carbons (Fsp3) is 0.833. The van der Waals surface area contributed by atoms with Crippen LogP contribution in [0.2, 0.25) is 0 Å². The molecule has 0 spiro atoms. The summed E-state index contributed by atoms with van der Waals surface area (Å²) in [7, 11) is 0. The van der Waals surface area contributed by atoms with Gasteiger partial charge in [0.2, 0.25) is 11.8 Å². The Kier molecular flexibility index (Phi) is 6.43. The van der Waals surface area contributed by atoms with Crippen LogP contribution in [0.4, 0.5) is 0 Å². The van der Waals surface area contributed by atoms with Crippen LogP contribution in [-0.4, -0.2) is 37.0 Å². The molecule has 1 unspecified atom stereocenters. The third-order valence-corrected chi connectivity index (χ3v) is 3.48. The summed E-state index contributed by atoms with van der Waals surface area (Å²) < 4.78 is 0. The van der Waals surface area contributed by atoms with Gasteiger partial charge in [0.25, 0.3) is 0 Å². The number of hydrogen-bond donors (Lipinski definition) is 3. The zero-order chi connectivity index (χ0) is 12.1. The number of hydrogen-bond acceptors (Lipinski definition) is 3. The Morgan fingerprint density at radius 2 is 1.83 bits per heavy atom. The molecule has 0 aromatic heterocycles. The normalized spacial score (nSPS) is 28.6. The number of amides is 2. The van der Waals surface area contributed by atoms with Gasteiger partial charge < -0.3 is 16.0 Å². The Bertz CT molecular complexity index is 293. The van der Waals surface area contributed by atoms with E-state index in [-0.39, 0.29) is 36.3 Å². The molecule has 2 amide bonds. The number of nitrogens with one attached hydrogen (secondary N) is 3. The summed E-state index contributed by atoms with van der Waals surface area (Å²) in [5, 5.41) is 8.89. The molecule has 0 aromatic rings. The maximum absolute atomic E-state index is 12.0. The molecule has 2 fully saturated rings. The lowest BCUT2D eigenvalue weighted by Gasteiger charge is -2.24. The van der Waals surface area contributed by atoms with Crippen molar-refractivity contribution in [3.63, 3.8) is 0 Å². The maximum atomic E-state index is 12.0. The van der Waals surface area contributed by atoms with E-state index >= 15 is 0 Å². The number of rotatable bonds is 2. The molecule has 18 heavy (non-hydrogen) atoms. The molecule has 6 heteroatoms. The van der Waals surface area contributed by atoms with Crippen molar-refractivity contribution in [2.45, 2.75) is 50.6 Å². The SMILES string of the molecule is Cl.O=C1NCCCCC1NC(=O)[C@@H]1CCCCN1. The van der Waals surface area contributed by atoms with Crippen molar-refractivity contribution in [2.75, 3.05) is 13.1 Å². The Balaban J connectivity index is 0.00000162. The Morgan fingerprint density at radius 3 is 2.56 bits per heavy atom. The summed E-state index contributed by atoms with van der Waals surface area (Å²) in [6.07, 6.45) is 5.84. The smallest absolute Gasteiger partial charge is 0.242 e. The molecule has 0 aliphatic carbocycles. The molecule has 2 aliphatic heterocycles. The maximum Gasteiger partial charge on any atom is 0.242 e. The first kappa shape index (κ1) is 15.2. The van der Waals surface area contributed by atoms with E-state index in [0.717, 1.165) is 51.6 Å². The minimum absolute atomic E-state index is 0. The van der Waals surface area contributed by atoms with E-state index in [2.05, 4.69) is 16.0 Å². The molecule has 2 heterocycles. The topological polar surface area (TPSA) is 70.2 Å². The first-order chi connectivity index (χ1) is 8.27. The lowest BCUT2D eigenvalue weighted by Crippen LogP contribution is -2.53. The first-order valence-corrected chi connectivity index (χ1v) is 6.59. The van der Waals surface area contributed by atoms with Crippen molar-refractivity contribution in [2.24, 2.45) is 0 Å². The van der Waals surface area contributed by atoms with Crippen LogP contribution >= 0.6 is 12.4 Å². The Morgan fingerprint density at radius 1 is 1.11 bits per heavy atom. The first-order valence-electron chi connectivity index (χ1n) is 6.59. The van der Waals surface area contributed by atoms with Crippen LogP contribution in [0.15, 0.2) is 0 Å². The van der Waals surface area contributed by atoms with E-state index < -0.39 is 0 Å². The van der Waals surface area contributed by atoms with Crippen LogP contribution in [-0.2, 0) is 9.59 Å². The summed E-state index contributed by atoms with van der Waals surface area (Å²) in [5.41, 5.74) is 0. The minimum Gasteiger partial charge on any atom is -0.354 e. The van der Waals surface area contributed by atoms with Crippen molar-refractivity contribution in [1.29, 1.82) is 0 Å². The molecule has 2 saturated heterocycles. The number of carbonyl (C=O) groups is 2. The predicted octanol–water partition coefficient (Wildman–Crippen LogP) is 0.335. The quantitative estimate of drug-likeness (QED) is 0.680. The fourth-order valence-corrected chi connectivity index (χ4v) is 2.42. The van der Waals surface area contributed by atoms with E-state index in [1.54, 1.807) is 0 Å². The summed E-state index contributed by atoms with van der Waals surface area (Å²) >= 11 is 0. The van der Waals surface area contributed by atoms with Gasteiger partial charge in [0.05, 0.1) is 6.04 Å². The Hall–Kier alpha value is -0.810. The fourth-order valence-electron chi connectivity index (χ4n) is 2.42. The van der Waals surface area contributed by atoms with Gasteiger partial charge in [0.15, 0.2) is 0 Å². The van der Waals surface area contributed by atoms with Crippen LogP contribution in [0.5, 0.6) is 0 Å². The summed E-state index contributed by atoms with van der Waals surface area (Å²) in [6, 6.07) is -0.450. The second-order valence-corrected chi connectivity index (χ2v) is 4.85. The molecular weight excluding hydrogens is 254 g/mol. The highest BCUT2D eigenvalue weighted by Gasteiger charge is 2.26. The average Bonchev–Trinajstić information content (AvgIpc) is 2.56. The van der Waals surface area contributed by atoms with Crippen LogP contribution in [0.3, 0.4) is 0 Å². The molecule has 2 aliphatic rings. The largest absolute Gasteiger partial charge is 0.354 e. The summed E-state index contributed by atoms with van der Waals surface area (Å²) in [5.74, 6) is -0.0570. The van der Waals surface area contributed by atoms with Gasteiger partial charge in [-0.25, -0.2) is 0 Å². The highest BCUT2D eigenvalue weighted by molar-refractivity contribution is 5.89. The van der Waals surface area contributed by atoms with Crippen molar-refractivity contribution >= 4 is 24.2 Å². The molecule has 2 rings (SSSR count). The van der Waals surface area contributed by atoms with E-state index in [1.807, 2.05) is 0 Å². The van der Waals surface area contributed by atoms with E-state index in [1.165, 1.54) is 0 Å². The molecule has 0 aromatic carbocycles. The molecule has 0 saturated carbocycles. The van der Waals surface area contributed by atoms with Crippen LogP contribution in [0.25, 0.3) is 0 Å². The molecule has 2 atom stereocenters. The van der Waals surface area contributed by atoms with E-state index in [0.29, 0.717) is 0 Å². The van der Waals surface area contributed by atoms with Gasteiger partial charge in [-0.3, -0.25) is 9.59 Å². The highest BCUT2D eigenvalue weighted by Crippen LogP contribution is 2.09. The zero-order valence-electron chi connectivity index (χ0n) is 10.5. The second-order valence-electron chi connectivity index (χ2n) is 4.85. The van der Waals surface area contributed by atoms with E-state index in [4.69, 9.17) is 0 Å². The number of halogens is 1. The van der Waals surface area contributed by atoms with Gasteiger partial charge in [-0.15, -0.1) is 12.4 Å². The molecule has 0 bridgehead atoms. The van der Waals surface area contributed by atoms with E-state index in [9.17, 15) is 9.59 Å². The molecule has 104 valence electrons. The third-order valence-electron chi connectivity index (χ3n) is 3.48. The van der Waals surface area contributed by atoms with Gasteiger partial charge in [-0.05, 0) is 38.6 Å². The predicted molar refractivity (Wildman–Crippen MR) is 71.7 cm³/mol. The monoisotopic (exact) mass is 275 g/mol. The van der Waals surface area contributed by atoms with Crippen LogP contribution in [0, 0.1) is 0 Å². The average molecular weight is 276 g/mol. The molecule has 0 radical (unpaired) electrons. The number of carbonyl (C=O) groups excluding carboxylic acids is 2. The van der Waals surface area contributed by atoms with Crippen molar-refractivity contribution < 1.29 is 9.59 Å². The van der Waals surface area contributed by atoms with Gasteiger partial charge in [-0.1, -0.05) is 6.42 Å². The lowest BCUT2D eigenvalue weighted by molar-refractivity contribution is -0.130. The van der Waals surface area contributed by atoms with Crippen LogP contribution in [0.1, 0.15) is 38.5 Å². The van der Waals surface area contributed by atoms with Gasteiger partial charge in [-0.2, -0.15) is 0 Å². The number of piperidine rings is 1. The van der Waals surface area contributed by atoms with Crippen molar-refractivity contribution in [3.05, 3.63) is 0 Å². The van der Waals surface area contributed by atoms with Gasteiger partial charge in [0.1, 0.15) is 6.04 Å². The molecular formula is C12H22ClN3O2. The minimum atomic E-state index is -0.339. The van der Waals surface area contributed by atoms with Crippen LogP contribution < -0.4 is 16.0 Å². The highest BCUT2D eigenvalue weighted by atomic mass is 35.5. The van der Waals surface area contributed by atoms with Gasteiger partial charge in [0, 0.05) is 6.54 Å². The molecule has 3 N–H and O–H groups in total. The van der Waals surface area contributed by atoms with Gasteiger partial charge >= 0.3 is 0 Å². The molecule has 5 nitrogen and oxygen atoms in total. The van der Waals surface area contributed by atoms with Crippen molar-refractivity contribution in [1.82, 2.24) is 16.0 Å². The summed E-state index contributed by atoms with van der Waals surface area (Å²) in [4.78, 5) is 23.7. The third kappa shape index (κ3) is 4.14. The second kappa shape index (κ2) is 7.59. The lowest BCUT2D eigenvalue weighted by atomic mass is 10.0. The Labute approximate surface area is 114 Å².